The lowest BCUT2D eigenvalue weighted by molar-refractivity contribution is -0.147. The molecule has 0 saturated heterocycles. The Balaban J connectivity index is 2.85. The number of nitrogen functional groups attached to an aromatic ring is 1. The number of rotatable bonds is 5. The van der Waals surface area contributed by atoms with E-state index in [2.05, 4.69) is 0 Å². The number of nitrogens with two attached hydrogens (primary N) is 1. The van der Waals surface area contributed by atoms with Crippen molar-refractivity contribution in [2.45, 2.75) is 39.4 Å². The van der Waals surface area contributed by atoms with Gasteiger partial charge in [-0.3, -0.25) is 4.79 Å². The molecule has 0 saturated carbocycles. The van der Waals surface area contributed by atoms with Gasteiger partial charge in [0.15, 0.2) is 0 Å². The molecule has 1 aromatic carbocycles. The second kappa shape index (κ2) is 6.54. The molecule has 2 unspecified atom stereocenters. The number of aliphatic hydroxyl groups is 2. The molecule has 0 spiro atoms. The molecule has 0 heterocycles. The number of esters is 1. The highest BCUT2D eigenvalue weighted by molar-refractivity contribution is 5.70. The maximum Gasteiger partial charge on any atom is 0.308 e. The number of hydrogen-bond donors (Lipinski definition) is 3. The molecule has 5 heteroatoms. The van der Waals surface area contributed by atoms with Crippen molar-refractivity contribution >= 4 is 11.7 Å². The van der Waals surface area contributed by atoms with E-state index in [0.717, 1.165) is 11.1 Å². The van der Waals surface area contributed by atoms with Crippen LogP contribution in [0.4, 0.5) is 5.69 Å². The summed E-state index contributed by atoms with van der Waals surface area (Å²) in [5.41, 5.74) is 8.65. The van der Waals surface area contributed by atoms with Crippen LogP contribution in [0, 0.1) is 13.8 Å². The number of ether oxygens (including phenoxy) is 1. The number of carbonyl (C=O) groups excluding carboxylic acids is 1. The molecule has 2 atom stereocenters. The van der Waals surface area contributed by atoms with Gasteiger partial charge in [-0.1, -0.05) is 6.07 Å². The summed E-state index contributed by atoms with van der Waals surface area (Å²) in [5.74, 6) is -0.529. The molecule has 19 heavy (non-hydrogen) atoms. The Morgan fingerprint density at radius 1 is 1.32 bits per heavy atom. The molecule has 4 N–H and O–H groups in total. The summed E-state index contributed by atoms with van der Waals surface area (Å²) in [5, 5.41) is 20.0. The topological polar surface area (TPSA) is 92.8 Å². The van der Waals surface area contributed by atoms with Crippen molar-refractivity contribution in [1.82, 2.24) is 0 Å². The number of anilines is 1. The molecule has 1 aromatic rings. The maximum atomic E-state index is 11.3. The van der Waals surface area contributed by atoms with E-state index in [1.54, 1.807) is 19.1 Å². The van der Waals surface area contributed by atoms with Crippen molar-refractivity contribution in [2.75, 3.05) is 12.3 Å². The van der Waals surface area contributed by atoms with Crippen LogP contribution < -0.4 is 5.73 Å². The molecule has 0 aromatic heterocycles. The Labute approximate surface area is 113 Å². The van der Waals surface area contributed by atoms with Crippen molar-refractivity contribution in [3.63, 3.8) is 0 Å². The second-order valence-electron chi connectivity index (χ2n) is 4.52. The van der Waals surface area contributed by atoms with E-state index in [0.29, 0.717) is 11.3 Å². The van der Waals surface area contributed by atoms with E-state index in [9.17, 15) is 15.0 Å². The number of benzene rings is 1. The highest BCUT2D eigenvalue weighted by atomic mass is 16.5. The van der Waals surface area contributed by atoms with Crippen LogP contribution in [0.25, 0.3) is 0 Å². The lowest BCUT2D eigenvalue weighted by atomic mass is 9.94. The first kappa shape index (κ1) is 15.5. The van der Waals surface area contributed by atoms with Crippen LogP contribution >= 0.6 is 0 Å². The molecular formula is C14H21NO4. The molecular weight excluding hydrogens is 246 g/mol. The molecule has 0 aliphatic heterocycles. The van der Waals surface area contributed by atoms with Crippen molar-refractivity contribution in [2.24, 2.45) is 0 Å². The zero-order valence-electron chi connectivity index (χ0n) is 11.5. The van der Waals surface area contributed by atoms with Gasteiger partial charge in [-0.25, -0.2) is 0 Å². The fourth-order valence-electron chi connectivity index (χ4n) is 1.89. The van der Waals surface area contributed by atoms with E-state index in [-0.39, 0.29) is 13.0 Å². The second-order valence-corrected chi connectivity index (χ2v) is 4.52. The van der Waals surface area contributed by atoms with E-state index in [1.165, 1.54) is 0 Å². The van der Waals surface area contributed by atoms with Crippen molar-refractivity contribution in [3.05, 3.63) is 28.8 Å². The average molecular weight is 267 g/mol. The van der Waals surface area contributed by atoms with Gasteiger partial charge in [0.1, 0.15) is 6.10 Å². The summed E-state index contributed by atoms with van der Waals surface area (Å²) in [6.45, 7) is 5.61. The fraction of sp³-hybridized carbons (Fsp3) is 0.500. The van der Waals surface area contributed by atoms with Crippen LogP contribution in [0.2, 0.25) is 0 Å². The molecule has 1 rings (SSSR count). The van der Waals surface area contributed by atoms with Crippen LogP contribution in [-0.4, -0.2) is 28.9 Å². The first-order chi connectivity index (χ1) is 8.88. The van der Waals surface area contributed by atoms with E-state index < -0.39 is 18.2 Å². The lowest BCUT2D eigenvalue weighted by Crippen LogP contribution is -2.24. The summed E-state index contributed by atoms with van der Waals surface area (Å²) in [6, 6.07) is 3.34. The van der Waals surface area contributed by atoms with Crippen molar-refractivity contribution in [3.8, 4) is 0 Å². The first-order valence-corrected chi connectivity index (χ1v) is 6.25. The van der Waals surface area contributed by atoms with Crippen molar-refractivity contribution in [1.29, 1.82) is 0 Å². The van der Waals surface area contributed by atoms with Crippen LogP contribution in [0.1, 0.15) is 36.1 Å². The lowest BCUT2D eigenvalue weighted by Gasteiger charge is -2.20. The summed E-state index contributed by atoms with van der Waals surface area (Å²) in [6.07, 6.45) is -2.57. The van der Waals surface area contributed by atoms with Gasteiger partial charge < -0.3 is 20.7 Å². The third-order valence-corrected chi connectivity index (χ3v) is 3.24. The van der Waals surface area contributed by atoms with Crippen LogP contribution in [0.5, 0.6) is 0 Å². The smallest absolute Gasteiger partial charge is 0.308 e. The zero-order valence-corrected chi connectivity index (χ0v) is 11.5. The maximum absolute atomic E-state index is 11.3. The van der Waals surface area contributed by atoms with E-state index in [4.69, 9.17) is 10.5 Å². The quantitative estimate of drug-likeness (QED) is 0.551. The van der Waals surface area contributed by atoms with Gasteiger partial charge in [0.2, 0.25) is 0 Å². The minimum atomic E-state index is -1.19. The summed E-state index contributed by atoms with van der Waals surface area (Å²) in [4.78, 5) is 11.3. The Kier molecular flexibility index (Phi) is 5.32. The first-order valence-electron chi connectivity index (χ1n) is 6.25. The predicted octanol–water partition coefficient (Wildman–Crippen LogP) is 1.23. The van der Waals surface area contributed by atoms with Gasteiger partial charge in [0, 0.05) is 5.69 Å². The minimum Gasteiger partial charge on any atom is -0.466 e. The van der Waals surface area contributed by atoms with Crippen LogP contribution in [-0.2, 0) is 9.53 Å². The van der Waals surface area contributed by atoms with Crippen LogP contribution in [0.3, 0.4) is 0 Å². The number of hydrogen-bond acceptors (Lipinski definition) is 5. The van der Waals surface area contributed by atoms with E-state index in [1.807, 2.05) is 13.8 Å². The number of carbonyl (C=O) groups is 1. The standard InChI is InChI=1S/C14H21NO4/c1-4-19-13(17)7-12(16)14(18)10-5-6-11(15)9(3)8(10)2/h5-6,12,14,16,18H,4,7,15H2,1-3H3. The zero-order chi connectivity index (χ0) is 14.6. The third kappa shape index (κ3) is 3.68. The van der Waals surface area contributed by atoms with Crippen molar-refractivity contribution < 1.29 is 19.7 Å². The molecule has 0 fully saturated rings. The monoisotopic (exact) mass is 267 g/mol. The molecule has 0 bridgehead atoms. The Morgan fingerprint density at radius 3 is 2.53 bits per heavy atom. The molecule has 0 aliphatic rings. The molecule has 0 amide bonds. The highest BCUT2D eigenvalue weighted by Crippen LogP contribution is 2.27. The average Bonchev–Trinajstić information content (AvgIpc) is 2.35. The van der Waals surface area contributed by atoms with Gasteiger partial charge in [-0.05, 0) is 43.5 Å². The minimum absolute atomic E-state index is 0.238. The molecule has 0 radical (unpaired) electrons. The van der Waals surface area contributed by atoms with Gasteiger partial charge in [-0.2, -0.15) is 0 Å². The Morgan fingerprint density at radius 2 is 1.95 bits per heavy atom. The van der Waals surface area contributed by atoms with Gasteiger partial charge in [0.05, 0.1) is 19.1 Å². The van der Waals surface area contributed by atoms with Gasteiger partial charge >= 0.3 is 5.97 Å². The molecule has 106 valence electrons. The van der Waals surface area contributed by atoms with Crippen LogP contribution in [0.15, 0.2) is 12.1 Å². The normalized spacial score (nSPS) is 13.9. The summed E-state index contributed by atoms with van der Waals surface area (Å²) < 4.78 is 4.74. The summed E-state index contributed by atoms with van der Waals surface area (Å²) >= 11 is 0. The third-order valence-electron chi connectivity index (χ3n) is 3.24. The highest BCUT2D eigenvalue weighted by Gasteiger charge is 2.24. The van der Waals surface area contributed by atoms with Gasteiger partial charge in [-0.15, -0.1) is 0 Å². The fourth-order valence-corrected chi connectivity index (χ4v) is 1.89. The van der Waals surface area contributed by atoms with E-state index >= 15 is 0 Å². The Bertz CT molecular complexity index is 459. The summed E-state index contributed by atoms with van der Waals surface area (Å²) in [7, 11) is 0. The SMILES string of the molecule is CCOC(=O)CC(O)C(O)c1ccc(N)c(C)c1C. The predicted molar refractivity (Wildman–Crippen MR) is 72.5 cm³/mol. The Hall–Kier alpha value is -1.59. The largest absolute Gasteiger partial charge is 0.466 e. The van der Waals surface area contributed by atoms with Gasteiger partial charge in [0.25, 0.3) is 0 Å². The molecule has 5 nitrogen and oxygen atoms in total. The molecule has 0 aliphatic carbocycles. The number of aliphatic hydroxyl groups excluding tert-OH is 2.